The van der Waals surface area contributed by atoms with Gasteiger partial charge in [-0.2, -0.15) is 4.68 Å². The second-order valence-electron chi connectivity index (χ2n) is 5.58. The first-order chi connectivity index (χ1) is 9.84. The summed E-state index contributed by atoms with van der Waals surface area (Å²) in [5.74, 6) is 1.46. The molecule has 0 amide bonds. The summed E-state index contributed by atoms with van der Waals surface area (Å²) < 4.78 is 1.76. The third-order valence-electron chi connectivity index (χ3n) is 4.18. The molecule has 0 aliphatic heterocycles. The van der Waals surface area contributed by atoms with Gasteiger partial charge < -0.3 is 5.32 Å². The van der Waals surface area contributed by atoms with Crippen LogP contribution in [0.3, 0.4) is 0 Å². The second-order valence-corrected chi connectivity index (χ2v) is 5.58. The van der Waals surface area contributed by atoms with Gasteiger partial charge in [-0.3, -0.25) is 0 Å². The van der Waals surface area contributed by atoms with Crippen molar-refractivity contribution in [3.8, 4) is 5.69 Å². The number of benzene rings is 1. The first-order valence-corrected chi connectivity index (χ1v) is 7.45. The van der Waals surface area contributed by atoms with Crippen molar-refractivity contribution >= 4 is 5.95 Å². The van der Waals surface area contributed by atoms with Gasteiger partial charge in [-0.05, 0) is 48.2 Å². The Kier molecular flexibility index (Phi) is 3.95. The predicted molar refractivity (Wildman–Crippen MR) is 78.8 cm³/mol. The van der Waals surface area contributed by atoms with Gasteiger partial charge >= 0.3 is 0 Å². The highest BCUT2D eigenvalue weighted by Gasteiger charge is 2.21. The van der Waals surface area contributed by atoms with Crippen LogP contribution >= 0.6 is 0 Å². The van der Waals surface area contributed by atoms with E-state index in [2.05, 4.69) is 27.8 Å². The molecule has 0 saturated heterocycles. The number of rotatable bonds is 4. The van der Waals surface area contributed by atoms with E-state index in [1.54, 1.807) is 4.68 Å². The number of hydrogen-bond acceptors (Lipinski definition) is 4. The van der Waals surface area contributed by atoms with Crippen molar-refractivity contribution in [2.45, 2.75) is 45.1 Å². The molecule has 106 valence electrons. The normalized spacial score (nSPS) is 17.9. The zero-order valence-electron chi connectivity index (χ0n) is 11.9. The average Bonchev–Trinajstić information content (AvgIpc) is 2.97. The number of nitrogens with zero attached hydrogens (tertiary/aromatic N) is 4. The first kappa shape index (κ1) is 13.1. The molecule has 0 bridgehead atoms. The summed E-state index contributed by atoms with van der Waals surface area (Å²) in [6, 6.07) is 10.4. The van der Waals surface area contributed by atoms with Gasteiger partial charge in [0.25, 0.3) is 0 Å². The smallest absolute Gasteiger partial charge is 0.247 e. The molecule has 1 N–H and O–H groups in total. The lowest BCUT2D eigenvalue weighted by molar-refractivity contribution is 0.327. The molecule has 1 unspecified atom stereocenters. The summed E-state index contributed by atoms with van der Waals surface area (Å²) in [7, 11) is 0. The number of para-hydroxylation sites is 1. The fourth-order valence-corrected chi connectivity index (χ4v) is 2.98. The maximum absolute atomic E-state index is 4.12. The minimum absolute atomic E-state index is 0.406. The third-order valence-corrected chi connectivity index (χ3v) is 4.18. The molecule has 2 aromatic rings. The molecule has 1 fully saturated rings. The summed E-state index contributed by atoms with van der Waals surface area (Å²) in [6.45, 7) is 2.24. The van der Waals surface area contributed by atoms with Crippen LogP contribution in [0.1, 0.15) is 39.0 Å². The van der Waals surface area contributed by atoms with Crippen molar-refractivity contribution in [1.29, 1.82) is 0 Å². The van der Waals surface area contributed by atoms with E-state index in [1.165, 1.54) is 32.1 Å². The van der Waals surface area contributed by atoms with Gasteiger partial charge in [-0.1, -0.05) is 42.6 Å². The van der Waals surface area contributed by atoms with Crippen LogP contribution in [0.25, 0.3) is 5.69 Å². The number of nitrogens with one attached hydrogen (secondary N) is 1. The third kappa shape index (κ3) is 2.81. The molecule has 1 aliphatic carbocycles. The van der Waals surface area contributed by atoms with E-state index in [-0.39, 0.29) is 0 Å². The van der Waals surface area contributed by atoms with E-state index in [0.717, 1.165) is 17.6 Å². The van der Waals surface area contributed by atoms with Gasteiger partial charge in [-0.15, -0.1) is 0 Å². The van der Waals surface area contributed by atoms with Gasteiger partial charge in [0.05, 0.1) is 5.69 Å². The maximum Gasteiger partial charge on any atom is 0.247 e. The highest BCUT2D eigenvalue weighted by molar-refractivity contribution is 5.38. The number of aromatic nitrogens is 4. The minimum atomic E-state index is 0.406. The van der Waals surface area contributed by atoms with Crippen LogP contribution in [0, 0.1) is 5.92 Å². The monoisotopic (exact) mass is 271 g/mol. The highest BCUT2D eigenvalue weighted by Crippen LogP contribution is 2.27. The Balaban J connectivity index is 1.73. The van der Waals surface area contributed by atoms with Crippen molar-refractivity contribution in [2.75, 3.05) is 5.32 Å². The Morgan fingerprint density at radius 2 is 1.90 bits per heavy atom. The maximum atomic E-state index is 4.12. The van der Waals surface area contributed by atoms with Crippen molar-refractivity contribution in [2.24, 2.45) is 5.92 Å². The van der Waals surface area contributed by atoms with Crippen LogP contribution < -0.4 is 5.32 Å². The lowest BCUT2D eigenvalue weighted by Crippen LogP contribution is -2.29. The van der Waals surface area contributed by atoms with Crippen LogP contribution in [0.2, 0.25) is 0 Å². The van der Waals surface area contributed by atoms with Gasteiger partial charge in [0.15, 0.2) is 0 Å². The van der Waals surface area contributed by atoms with E-state index >= 15 is 0 Å². The fraction of sp³-hybridized carbons (Fsp3) is 0.533. The van der Waals surface area contributed by atoms with Crippen LogP contribution in [0.5, 0.6) is 0 Å². The quantitative estimate of drug-likeness (QED) is 0.928. The molecule has 1 atom stereocenters. The Bertz CT molecular complexity index is 530. The van der Waals surface area contributed by atoms with Crippen molar-refractivity contribution < 1.29 is 0 Å². The molecular weight excluding hydrogens is 250 g/mol. The molecule has 5 heteroatoms. The van der Waals surface area contributed by atoms with Crippen molar-refractivity contribution in [3.05, 3.63) is 30.3 Å². The largest absolute Gasteiger partial charge is 0.350 e. The summed E-state index contributed by atoms with van der Waals surface area (Å²) in [5.41, 5.74) is 0.982. The summed E-state index contributed by atoms with van der Waals surface area (Å²) in [5, 5.41) is 15.5. The van der Waals surface area contributed by atoms with Crippen LogP contribution in [0.4, 0.5) is 5.95 Å². The average molecular weight is 271 g/mol. The lowest BCUT2D eigenvalue weighted by Gasteiger charge is -2.28. The summed E-state index contributed by atoms with van der Waals surface area (Å²) >= 11 is 0. The van der Waals surface area contributed by atoms with E-state index in [9.17, 15) is 0 Å². The Labute approximate surface area is 119 Å². The summed E-state index contributed by atoms with van der Waals surface area (Å²) in [6.07, 6.45) is 6.69. The zero-order valence-corrected chi connectivity index (χ0v) is 11.9. The van der Waals surface area contributed by atoms with E-state index in [4.69, 9.17) is 0 Å². The lowest BCUT2D eigenvalue weighted by atomic mass is 9.85. The van der Waals surface area contributed by atoms with E-state index in [1.807, 2.05) is 30.3 Å². The number of hydrogen-bond donors (Lipinski definition) is 1. The van der Waals surface area contributed by atoms with Crippen LogP contribution in [-0.2, 0) is 0 Å². The fourth-order valence-electron chi connectivity index (χ4n) is 2.98. The van der Waals surface area contributed by atoms with Gasteiger partial charge in [0.1, 0.15) is 0 Å². The van der Waals surface area contributed by atoms with Crippen molar-refractivity contribution in [3.63, 3.8) is 0 Å². The Morgan fingerprint density at radius 1 is 1.15 bits per heavy atom. The standard InChI is InChI=1S/C15H21N5/c1-12(13-8-4-2-5-9-13)16-15-17-18-19-20(15)14-10-6-3-7-11-14/h3,6-7,10-13H,2,4-5,8-9H2,1H3,(H,16,17,19). The van der Waals surface area contributed by atoms with Gasteiger partial charge in [0.2, 0.25) is 5.95 Å². The molecule has 20 heavy (non-hydrogen) atoms. The molecule has 1 aliphatic rings. The predicted octanol–water partition coefficient (Wildman–Crippen LogP) is 3.04. The molecule has 1 aromatic carbocycles. The molecular formula is C15H21N5. The van der Waals surface area contributed by atoms with Crippen molar-refractivity contribution in [1.82, 2.24) is 20.2 Å². The van der Waals surface area contributed by atoms with Crippen LogP contribution in [0.15, 0.2) is 30.3 Å². The van der Waals surface area contributed by atoms with Gasteiger partial charge in [0, 0.05) is 6.04 Å². The SMILES string of the molecule is CC(Nc1nnnn1-c1ccccc1)C1CCCCC1. The molecule has 3 rings (SSSR count). The van der Waals surface area contributed by atoms with Crippen LogP contribution in [-0.4, -0.2) is 26.2 Å². The molecule has 1 saturated carbocycles. The highest BCUT2D eigenvalue weighted by atomic mass is 15.6. The molecule has 0 radical (unpaired) electrons. The zero-order chi connectivity index (χ0) is 13.8. The van der Waals surface area contributed by atoms with E-state index in [0.29, 0.717) is 6.04 Å². The van der Waals surface area contributed by atoms with E-state index < -0.39 is 0 Å². The number of anilines is 1. The molecule has 1 aromatic heterocycles. The molecule has 5 nitrogen and oxygen atoms in total. The summed E-state index contributed by atoms with van der Waals surface area (Å²) in [4.78, 5) is 0. The number of tetrazole rings is 1. The second kappa shape index (κ2) is 6.03. The Morgan fingerprint density at radius 3 is 2.65 bits per heavy atom. The first-order valence-electron chi connectivity index (χ1n) is 7.45. The van der Waals surface area contributed by atoms with Gasteiger partial charge in [-0.25, -0.2) is 0 Å². The Hall–Kier alpha value is -1.91. The molecule has 0 spiro atoms. The minimum Gasteiger partial charge on any atom is -0.350 e. The molecule has 1 heterocycles. The topological polar surface area (TPSA) is 55.6 Å².